The van der Waals surface area contributed by atoms with E-state index in [1.165, 1.54) is 0 Å². The summed E-state index contributed by atoms with van der Waals surface area (Å²) in [6, 6.07) is 8.93. The van der Waals surface area contributed by atoms with Crippen molar-refractivity contribution in [3.63, 3.8) is 0 Å². The first-order chi connectivity index (χ1) is 8.46. The highest BCUT2D eigenvalue weighted by atomic mass is 32.3. The molecule has 0 aliphatic carbocycles. The number of nitrogens with zero attached hydrogens (tertiary/aromatic N) is 2. The molecule has 0 atom stereocenters. The van der Waals surface area contributed by atoms with E-state index in [1.807, 2.05) is 6.07 Å². The maximum Gasteiger partial charge on any atom is 0.446 e. The molecule has 0 aromatic heterocycles. The molecule has 0 radical (unpaired) electrons. The summed E-state index contributed by atoms with van der Waals surface area (Å²) in [5.74, 6) is -1.50. The van der Waals surface area contributed by atoms with Crippen molar-refractivity contribution in [3.05, 3.63) is 47.4 Å². The van der Waals surface area contributed by atoms with Crippen molar-refractivity contribution in [3.8, 4) is 0 Å². The van der Waals surface area contributed by atoms with Crippen LogP contribution in [0.25, 0.3) is 0 Å². The lowest BCUT2D eigenvalue weighted by atomic mass is 10.1. The van der Waals surface area contributed by atoms with E-state index in [9.17, 15) is 13.2 Å². The Hall–Kier alpha value is -2.06. The van der Waals surface area contributed by atoms with Gasteiger partial charge in [0.15, 0.2) is 0 Å². The molecule has 0 fully saturated rings. The average Bonchev–Trinajstić information content (AvgIpc) is 2.61. The van der Waals surface area contributed by atoms with Gasteiger partial charge < -0.3 is 4.18 Å². The van der Waals surface area contributed by atoms with Crippen molar-refractivity contribution in [2.24, 2.45) is 10.2 Å². The largest absolute Gasteiger partial charge is 0.446 e. The molecule has 0 saturated carbocycles. The van der Waals surface area contributed by atoms with E-state index < -0.39 is 22.1 Å². The van der Waals surface area contributed by atoms with Gasteiger partial charge in [-0.1, -0.05) is 30.3 Å². The fraction of sp³-hybridized carbons (Fsp3) is 0.100. The Morgan fingerprint density at radius 2 is 1.83 bits per heavy atom. The van der Waals surface area contributed by atoms with Crippen LogP contribution in [0.3, 0.4) is 0 Å². The van der Waals surface area contributed by atoms with Crippen LogP contribution >= 0.6 is 0 Å². The van der Waals surface area contributed by atoms with Crippen LogP contribution in [0.4, 0.5) is 0 Å². The van der Waals surface area contributed by atoms with Crippen molar-refractivity contribution in [1.29, 1.82) is 0 Å². The molecule has 1 N–H and O–H groups in total. The minimum atomic E-state index is -4.76. The predicted molar refractivity (Wildman–Crippen MR) is 59.7 cm³/mol. The van der Waals surface area contributed by atoms with Crippen LogP contribution in [0.2, 0.25) is 0 Å². The van der Waals surface area contributed by atoms with Gasteiger partial charge in [0.25, 0.3) is 0 Å². The summed E-state index contributed by atoms with van der Waals surface area (Å²) in [5.41, 5.74) is 0.862. The Morgan fingerprint density at radius 3 is 2.44 bits per heavy atom. The second-order valence-electron chi connectivity index (χ2n) is 3.45. The average molecular weight is 268 g/mol. The molecule has 8 heteroatoms. The number of rotatable bonds is 4. The van der Waals surface area contributed by atoms with Crippen LogP contribution in [0.5, 0.6) is 0 Å². The number of hydrogen-bond donors (Lipinski definition) is 1. The highest BCUT2D eigenvalue weighted by Gasteiger charge is 2.27. The number of azo groups is 1. The first kappa shape index (κ1) is 12.4. The summed E-state index contributed by atoms with van der Waals surface area (Å²) in [6.07, 6.45) is 0.181. The lowest BCUT2D eigenvalue weighted by Crippen LogP contribution is -2.09. The number of carbonyl (C=O) groups excluding carboxylic acids is 1. The van der Waals surface area contributed by atoms with Gasteiger partial charge >= 0.3 is 16.3 Å². The van der Waals surface area contributed by atoms with Gasteiger partial charge in [-0.05, 0) is 5.56 Å². The van der Waals surface area contributed by atoms with E-state index in [-0.39, 0.29) is 12.1 Å². The Bertz CT molecular complexity index is 633. The third-order valence-corrected chi connectivity index (χ3v) is 2.50. The Morgan fingerprint density at radius 1 is 1.17 bits per heavy atom. The van der Waals surface area contributed by atoms with E-state index in [0.29, 0.717) is 0 Å². The van der Waals surface area contributed by atoms with Gasteiger partial charge in [0.05, 0.1) is 0 Å². The van der Waals surface area contributed by atoms with Crippen molar-refractivity contribution in [2.75, 3.05) is 0 Å². The van der Waals surface area contributed by atoms with E-state index in [4.69, 9.17) is 4.55 Å². The molecule has 0 saturated heterocycles. The molecule has 1 amide bonds. The SMILES string of the molecule is O=C1N=NC(Cc2ccccc2)=C1OS(=O)(=O)O. The zero-order valence-electron chi connectivity index (χ0n) is 8.98. The first-order valence-corrected chi connectivity index (χ1v) is 6.22. The van der Waals surface area contributed by atoms with Crippen LogP contribution in [0, 0.1) is 0 Å². The van der Waals surface area contributed by atoms with Gasteiger partial charge in [-0.2, -0.15) is 8.42 Å². The van der Waals surface area contributed by atoms with Gasteiger partial charge in [-0.25, -0.2) is 0 Å². The molecule has 1 aromatic rings. The Labute approximate surface area is 103 Å². The van der Waals surface area contributed by atoms with Crippen LogP contribution < -0.4 is 0 Å². The van der Waals surface area contributed by atoms with Crippen molar-refractivity contribution in [2.45, 2.75) is 6.42 Å². The molecule has 7 nitrogen and oxygen atoms in total. The summed E-state index contributed by atoms with van der Waals surface area (Å²) < 4.78 is 33.9. The second-order valence-corrected chi connectivity index (χ2v) is 4.48. The zero-order valence-corrected chi connectivity index (χ0v) is 9.79. The number of amides is 1. The quantitative estimate of drug-likeness (QED) is 0.827. The summed E-state index contributed by atoms with van der Waals surface area (Å²) >= 11 is 0. The highest BCUT2D eigenvalue weighted by Crippen LogP contribution is 2.22. The molecular formula is C10H8N2O5S. The van der Waals surface area contributed by atoms with Crippen LogP contribution in [0.1, 0.15) is 5.56 Å². The van der Waals surface area contributed by atoms with Crippen LogP contribution in [0.15, 0.2) is 52.0 Å². The molecule has 0 unspecified atom stereocenters. The standard InChI is InChI=1S/C10H8N2O5S/c13-10-9(17-18(14,15)16)8(11-12-10)6-7-4-2-1-3-5-7/h1-5H,6H2,(H,14,15,16). The van der Waals surface area contributed by atoms with Crippen LogP contribution in [-0.4, -0.2) is 18.9 Å². The van der Waals surface area contributed by atoms with Crippen LogP contribution in [-0.2, 0) is 25.8 Å². The lowest BCUT2D eigenvalue weighted by Gasteiger charge is -2.02. The van der Waals surface area contributed by atoms with Crippen molar-refractivity contribution in [1.82, 2.24) is 0 Å². The molecule has 1 aromatic carbocycles. The summed E-state index contributed by atoms with van der Waals surface area (Å²) in [4.78, 5) is 11.2. The third kappa shape index (κ3) is 2.99. The number of carbonyl (C=O) groups is 1. The molecule has 1 aliphatic heterocycles. The zero-order chi connectivity index (χ0) is 13.2. The summed E-state index contributed by atoms with van der Waals surface area (Å²) in [5, 5.41) is 6.72. The van der Waals surface area contributed by atoms with Gasteiger partial charge in [-0.3, -0.25) is 9.35 Å². The molecule has 94 valence electrons. The van der Waals surface area contributed by atoms with Crippen molar-refractivity contribution < 1.29 is 21.9 Å². The molecule has 0 spiro atoms. The van der Waals surface area contributed by atoms with E-state index >= 15 is 0 Å². The number of hydrogen-bond acceptors (Lipinski definition) is 5. The Kier molecular flexibility index (Phi) is 3.21. The highest BCUT2D eigenvalue weighted by molar-refractivity contribution is 7.81. The van der Waals surface area contributed by atoms with Gasteiger partial charge in [0.2, 0.25) is 5.76 Å². The first-order valence-electron chi connectivity index (χ1n) is 4.86. The topological polar surface area (TPSA) is 105 Å². The third-order valence-electron chi connectivity index (χ3n) is 2.12. The molecule has 2 rings (SSSR count). The second kappa shape index (κ2) is 4.67. The normalized spacial score (nSPS) is 15.3. The van der Waals surface area contributed by atoms with Gasteiger partial charge in [-0.15, -0.1) is 10.2 Å². The van der Waals surface area contributed by atoms with Gasteiger partial charge in [0, 0.05) is 6.42 Å². The number of allylic oxidation sites excluding steroid dienone is 1. The summed E-state index contributed by atoms with van der Waals surface area (Å²) in [7, 11) is -4.76. The molecule has 18 heavy (non-hydrogen) atoms. The molecular weight excluding hydrogens is 260 g/mol. The molecule has 1 heterocycles. The molecule has 0 bridgehead atoms. The van der Waals surface area contributed by atoms with Crippen molar-refractivity contribution >= 4 is 16.3 Å². The maximum absolute atomic E-state index is 11.2. The van der Waals surface area contributed by atoms with Gasteiger partial charge in [0.1, 0.15) is 5.70 Å². The number of benzene rings is 1. The van der Waals surface area contributed by atoms with E-state index in [1.54, 1.807) is 24.3 Å². The Balaban J connectivity index is 2.28. The molecule has 1 aliphatic rings. The van der Waals surface area contributed by atoms with E-state index in [2.05, 4.69) is 14.4 Å². The predicted octanol–water partition coefficient (Wildman–Crippen LogP) is 1.25. The maximum atomic E-state index is 11.2. The minimum absolute atomic E-state index is 0.0591. The minimum Gasteiger partial charge on any atom is -0.354 e. The fourth-order valence-corrected chi connectivity index (χ4v) is 1.79. The fourth-order valence-electron chi connectivity index (χ4n) is 1.41. The summed E-state index contributed by atoms with van der Waals surface area (Å²) in [6.45, 7) is 0. The monoisotopic (exact) mass is 268 g/mol. The smallest absolute Gasteiger partial charge is 0.354 e. The lowest BCUT2D eigenvalue weighted by molar-refractivity contribution is -0.116. The van der Waals surface area contributed by atoms with E-state index in [0.717, 1.165) is 5.56 Å².